The molecule has 2 amide bonds. The highest BCUT2D eigenvalue weighted by atomic mass is 35.5. The summed E-state index contributed by atoms with van der Waals surface area (Å²) in [5.41, 5.74) is 3.16. The molecule has 0 saturated carbocycles. The van der Waals surface area contributed by atoms with Crippen molar-refractivity contribution in [2.75, 3.05) is 6.54 Å². The maximum Gasteiger partial charge on any atom is 0.251 e. The minimum absolute atomic E-state index is 0.00159. The van der Waals surface area contributed by atoms with Gasteiger partial charge in [-0.1, -0.05) is 34.9 Å². The molecule has 0 spiro atoms. The molecule has 2 aromatic carbocycles. The second-order valence-electron chi connectivity index (χ2n) is 6.02. The van der Waals surface area contributed by atoms with E-state index in [4.69, 9.17) is 11.6 Å². The topological polar surface area (TPSA) is 58.2 Å². The number of hydrogen-bond acceptors (Lipinski definition) is 2. The first-order valence-corrected chi connectivity index (χ1v) is 8.25. The van der Waals surface area contributed by atoms with Gasteiger partial charge in [0, 0.05) is 5.56 Å². The smallest absolute Gasteiger partial charge is 0.251 e. The average Bonchev–Trinajstić information content (AvgIpc) is 2.54. The van der Waals surface area contributed by atoms with Crippen LogP contribution in [0.25, 0.3) is 0 Å². The molecule has 2 aromatic rings. The predicted molar refractivity (Wildman–Crippen MR) is 96.2 cm³/mol. The number of carbonyl (C=O) groups is 2. The van der Waals surface area contributed by atoms with Crippen molar-refractivity contribution < 1.29 is 14.0 Å². The van der Waals surface area contributed by atoms with Crippen molar-refractivity contribution in [1.82, 2.24) is 10.6 Å². The fraction of sp³-hybridized carbons (Fsp3) is 0.263. The second-order valence-corrected chi connectivity index (χ2v) is 6.43. The van der Waals surface area contributed by atoms with E-state index < -0.39 is 5.82 Å². The highest BCUT2D eigenvalue weighted by Crippen LogP contribution is 2.20. The third kappa shape index (κ3) is 5.29. The van der Waals surface area contributed by atoms with Crippen molar-refractivity contribution >= 4 is 23.4 Å². The molecule has 2 N–H and O–H groups in total. The molecule has 0 aliphatic heterocycles. The molecule has 4 nitrogen and oxygen atoms in total. The van der Waals surface area contributed by atoms with Gasteiger partial charge in [-0.05, 0) is 50.6 Å². The summed E-state index contributed by atoms with van der Waals surface area (Å²) in [6.07, 6.45) is 0. The van der Waals surface area contributed by atoms with Gasteiger partial charge < -0.3 is 10.6 Å². The Balaban J connectivity index is 1.91. The Labute approximate surface area is 151 Å². The first kappa shape index (κ1) is 18.9. The summed E-state index contributed by atoms with van der Waals surface area (Å²) in [6, 6.07) is 9.42. The maximum atomic E-state index is 13.2. The SMILES string of the molecule is Cc1cc(C)cc(C(=O)NCC(=O)NC(C)c2ccc(F)c(Cl)c2)c1. The largest absolute Gasteiger partial charge is 0.348 e. The van der Waals surface area contributed by atoms with E-state index in [-0.39, 0.29) is 29.4 Å². The van der Waals surface area contributed by atoms with Gasteiger partial charge in [0.25, 0.3) is 5.91 Å². The summed E-state index contributed by atoms with van der Waals surface area (Å²) in [6.45, 7) is 5.43. The molecule has 0 aliphatic carbocycles. The number of amides is 2. The van der Waals surface area contributed by atoms with Crippen molar-refractivity contribution in [1.29, 1.82) is 0 Å². The number of rotatable bonds is 5. The first-order valence-electron chi connectivity index (χ1n) is 7.87. The Bertz CT molecular complexity index is 788. The zero-order valence-electron chi connectivity index (χ0n) is 14.3. The molecule has 132 valence electrons. The predicted octanol–water partition coefficient (Wildman–Crippen LogP) is 3.70. The molecule has 0 aliphatic rings. The number of aryl methyl sites for hydroxylation is 2. The molecule has 0 fully saturated rings. The van der Waals surface area contributed by atoms with E-state index in [0.717, 1.165) is 11.1 Å². The number of carbonyl (C=O) groups excluding carboxylic acids is 2. The first-order chi connectivity index (χ1) is 11.8. The lowest BCUT2D eigenvalue weighted by molar-refractivity contribution is -0.120. The summed E-state index contributed by atoms with van der Waals surface area (Å²) < 4.78 is 13.2. The lowest BCUT2D eigenvalue weighted by Crippen LogP contribution is -2.38. The fourth-order valence-electron chi connectivity index (χ4n) is 2.53. The summed E-state index contributed by atoms with van der Waals surface area (Å²) >= 11 is 5.75. The van der Waals surface area contributed by atoms with E-state index in [9.17, 15) is 14.0 Å². The van der Waals surface area contributed by atoms with Crippen LogP contribution in [0, 0.1) is 19.7 Å². The van der Waals surface area contributed by atoms with Crippen LogP contribution in [-0.4, -0.2) is 18.4 Å². The molecule has 1 atom stereocenters. The summed E-state index contributed by atoms with van der Waals surface area (Å²) in [5.74, 6) is -1.16. The number of benzene rings is 2. The quantitative estimate of drug-likeness (QED) is 0.852. The standard InChI is InChI=1S/C19H20ClFN2O2/c1-11-6-12(2)8-15(7-11)19(25)22-10-18(24)23-13(3)14-4-5-17(21)16(20)9-14/h4-9,13H,10H2,1-3H3,(H,22,25)(H,23,24). The third-order valence-electron chi connectivity index (χ3n) is 3.71. The molecule has 25 heavy (non-hydrogen) atoms. The number of hydrogen-bond donors (Lipinski definition) is 2. The van der Waals surface area contributed by atoms with Crippen molar-refractivity contribution in [2.45, 2.75) is 26.8 Å². The Hall–Kier alpha value is -2.40. The van der Waals surface area contributed by atoms with Crippen LogP contribution in [0.3, 0.4) is 0 Å². The van der Waals surface area contributed by atoms with Gasteiger partial charge >= 0.3 is 0 Å². The molecule has 6 heteroatoms. The Morgan fingerprint density at radius 3 is 2.36 bits per heavy atom. The van der Waals surface area contributed by atoms with Crippen LogP contribution in [0.1, 0.15) is 40.0 Å². The van der Waals surface area contributed by atoms with Crippen molar-refractivity contribution in [3.8, 4) is 0 Å². The van der Waals surface area contributed by atoms with Gasteiger partial charge in [-0.2, -0.15) is 0 Å². The van der Waals surface area contributed by atoms with Gasteiger partial charge in [0.05, 0.1) is 17.6 Å². The lowest BCUT2D eigenvalue weighted by Gasteiger charge is -2.15. The minimum Gasteiger partial charge on any atom is -0.348 e. The van der Waals surface area contributed by atoms with Gasteiger partial charge in [-0.25, -0.2) is 4.39 Å². The highest BCUT2D eigenvalue weighted by molar-refractivity contribution is 6.30. The van der Waals surface area contributed by atoms with E-state index in [1.54, 1.807) is 25.1 Å². The van der Waals surface area contributed by atoms with Gasteiger partial charge in [-0.15, -0.1) is 0 Å². The Morgan fingerprint density at radius 1 is 1.12 bits per heavy atom. The Morgan fingerprint density at radius 2 is 1.76 bits per heavy atom. The number of nitrogens with one attached hydrogen (secondary N) is 2. The molecule has 0 saturated heterocycles. The molecular weight excluding hydrogens is 343 g/mol. The Kier molecular flexibility index (Phi) is 6.15. The molecule has 1 unspecified atom stereocenters. The molecule has 0 heterocycles. The van der Waals surface area contributed by atoms with Gasteiger partial charge in [0.15, 0.2) is 0 Å². The number of halogens is 2. The van der Waals surface area contributed by atoms with Crippen LogP contribution < -0.4 is 10.6 Å². The van der Waals surface area contributed by atoms with Crippen LogP contribution in [-0.2, 0) is 4.79 Å². The third-order valence-corrected chi connectivity index (χ3v) is 4.00. The van der Waals surface area contributed by atoms with Crippen molar-refractivity contribution in [2.24, 2.45) is 0 Å². The maximum absolute atomic E-state index is 13.2. The van der Waals surface area contributed by atoms with E-state index in [2.05, 4.69) is 10.6 Å². The monoisotopic (exact) mass is 362 g/mol. The average molecular weight is 363 g/mol. The highest BCUT2D eigenvalue weighted by Gasteiger charge is 2.13. The van der Waals surface area contributed by atoms with Crippen LogP contribution in [0.15, 0.2) is 36.4 Å². The molecular formula is C19H20ClFN2O2. The van der Waals surface area contributed by atoms with Gasteiger partial charge in [0.2, 0.25) is 5.91 Å². The van der Waals surface area contributed by atoms with E-state index in [1.165, 1.54) is 12.1 Å². The van der Waals surface area contributed by atoms with Crippen LogP contribution in [0.5, 0.6) is 0 Å². The zero-order chi connectivity index (χ0) is 18.6. The van der Waals surface area contributed by atoms with Gasteiger partial charge in [-0.3, -0.25) is 9.59 Å². The molecule has 0 bridgehead atoms. The second kappa shape index (κ2) is 8.12. The normalized spacial score (nSPS) is 11.7. The van der Waals surface area contributed by atoms with E-state index in [1.807, 2.05) is 19.9 Å². The van der Waals surface area contributed by atoms with Crippen LogP contribution in [0.4, 0.5) is 4.39 Å². The van der Waals surface area contributed by atoms with Gasteiger partial charge in [0.1, 0.15) is 5.82 Å². The molecule has 2 rings (SSSR count). The van der Waals surface area contributed by atoms with Crippen LogP contribution in [0.2, 0.25) is 5.02 Å². The summed E-state index contributed by atoms with van der Waals surface area (Å²) in [5, 5.41) is 5.33. The summed E-state index contributed by atoms with van der Waals surface area (Å²) in [4.78, 5) is 24.2. The fourth-order valence-corrected chi connectivity index (χ4v) is 2.71. The van der Waals surface area contributed by atoms with E-state index >= 15 is 0 Å². The summed E-state index contributed by atoms with van der Waals surface area (Å²) in [7, 11) is 0. The lowest BCUT2D eigenvalue weighted by atomic mass is 10.1. The minimum atomic E-state index is -0.510. The zero-order valence-corrected chi connectivity index (χ0v) is 15.1. The van der Waals surface area contributed by atoms with Crippen molar-refractivity contribution in [3.63, 3.8) is 0 Å². The van der Waals surface area contributed by atoms with Crippen LogP contribution >= 0.6 is 11.6 Å². The van der Waals surface area contributed by atoms with E-state index in [0.29, 0.717) is 11.1 Å². The molecule has 0 aromatic heterocycles. The molecule has 0 radical (unpaired) electrons. The van der Waals surface area contributed by atoms with Crippen molar-refractivity contribution in [3.05, 3.63) is 69.5 Å².